The average Bonchev–Trinajstić information content (AvgIpc) is 3.60. The molecule has 2 aromatic carbocycles. The fraction of sp³-hybridized carbons (Fsp3) is 0.538. The molecule has 0 aliphatic carbocycles. The number of fused-ring (bicyclic) bond motifs is 1. The van der Waals surface area contributed by atoms with Gasteiger partial charge in [0.2, 0.25) is 0 Å². The Bertz CT molecular complexity index is 768. The van der Waals surface area contributed by atoms with E-state index >= 15 is 0 Å². The first-order chi connectivity index (χ1) is 15.3. The molecule has 2 aromatic rings. The Hall–Kier alpha value is -1.32. The van der Waals surface area contributed by atoms with Gasteiger partial charge >= 0.3 is 18.9 Å². The van der Waals surface area contributed by atoms with Gasteiger partial charge in [-0.05, 0) is 67.5 Å². The molecule has 170 valence electrons. The summed E-state index contributed by atoms with van der Waals surface area (Å²) in [4.78, 5) is 0. The second-order valence-electron chi connectivity index (χ2n) is 8.16. The van der Waals surface area contributed by atoms with E-state index in [0.29, 0.717) is 6.04 Å². The fourth-order valence-corrected chi connectivity index (χ4v) is 3.92. The topological polar surface area (TPSA) is 45.0 Å². The first-order valence-electron chi connectivity index (χ1n) is 11.6. The zero-order chi connectivity index (χ0) is 21.7. The number of rotatable bonds is 5. The van der Waals surface area contributed by atoms with E-state index in [-0.39, 0.29) is 18.9 Å². The van der Waals surface area contributed by atoms with Gasteiger partial charge in [-0.1, -0.05) is 36.4 Å². The van der Waals surface area contributed by atoms with E-state index in [1.54, 1.807) is 7.11 Å². The van der Waals surface area contributed by atoms with Crippen molar-refractivity contribution in [1.82, 2.24) is 5.01 Å². The summed E-state index contributed by atoms with van der Waals surface area (Å²) < 4.78 is 15.2. The molecule has 0 radical (unpaired) electrons. The van der Waals surface area contributed by atoms with Crippen molar-refractivity contribution in [3.05, 3.63) is 60.0 Å². The van der Waals surface area contributed by atoms with Gasteiger partial charge in [0.1, 0.15) is 0 Å². The normalized spacial score (nSPS) is 20.0. The Morgan fingerprint density at radius 1 is 0.969 bits per heavy atom. The van der Waals surface area contributed by atoms with Crippen LogP contribution < -0.4 is 18.9 Å². The molecule has 0 aromatic heterocycles. The molecule has 0 bridgehead atoms. The van der Waals surface area contributed by atoms with E-state index in [4.69, 9.17) is 19.6 Å². The molecule has 3 saturated heterocycles. The van der Waals surface area contributed by atoms with Gasteiger partial charge in [0, 0.05) is 39.6 Å². The molecule has 0 unspecified atom stereocenters. The van der Waals surface area contributed by atoms with Gasteiger partial charge in [0.25, 0.3) is 0 Å². The molecule has 0 spiro atoms. The van der Waals surface area contributed by atoms with Crippen LogP contribution in [0.2, 0.25) is 0 Å². The number of hydrogen-bond donors (Lipinski definition) is 0. The van der Waals surface area contributed by atoms with Crippen LogP contribution in [-0.2, 0) is 14.2 Å². The SMILES string of the molecule is C1CCOC1.C1CCOC1.C=C([N-]N1CCC[C@H]1COC)c1ccc2ccccc2c1.[Li+]. The Balaban J connectivity index is 0.000000271. The second kappa shape index (κ2) is 15.5. The predicted octanol–water partition coefficient (Wildman–Crippen LogP) is 2.81. The maximum Gasteiger partial charge on any atom is 1.00 e. The number of nitrogens with zero attached hydrogens (tertiary/aromatic N) is 2. The molecule has 0 amide bonds. The standard InChI is InChI=1S/C18H21N2O.2C4H8O.Li/c1-14(19-20-11-5-8-18(20)13-21-2)16-10-9-15-6-3-4-7-17(15)12-16;2*1-2-4-5-3-1;/h3-4,6-7,9-10,12,18H,1,5,8,11,13H2,2H3;2*1-4H2;/q-1;;;+1/t18-;;;/m0.../s1. The van der Waals surface area contributed by atoms with E-state index in [0.717, 1.165) is 57.3 Å². The molecular formula is C26H37LiN2O3. The van der Waals surface area contributed by atoms with Crippen LogP contribution in [0.1, 0.15) is 44.1 Å². The van der Waals surface area contributed by atoms with Crippen LogP contribution in [0.15, 0.2) is 49.0 Å². The predicted molar refractivity (Wildman–Crippen MR) is 128 cm³/mol. The largest absolute Gasteiger partial charge is 1.00 e. The summed E-state index contributed by atoms with van der Waals surface area (Å²) in [7, 11) is 1.74. The number of hydrogen-bond acceptors (Lipinski definition) is 4. The second-order valence-corrected chi connectivity index (χ2v) is 8.16. The van der Waals surface area contributed by atoms with Crippen molar-refractivity contribution in [3.8, 4) is 0 Å². The van der Waals surface area contributed by atoms with E-state index < -0.39 is 0 Å². The van der Waals surface area contributed by atoms with Crippen molar-refractivity contribution in [2.45, 2.75) is 44.6 Å². The van der Waals surface area contributed by atoms with E-state index in [1.807, 2.05) is 0 Å². The molecule has 32 heavy (non-hydrogen) atoms. The third-order valence-electron chi connectivity index (χ3n) is 5.69. The minimum Gasteiger partial charge on any atom is -0.620 e. The number of ether oxygens (including phenoxy) is 3. The van der Waals surface area contributed by atoms with Crippen LogP contribution in [0.4, 0.5) is 0 Å². The van der Waals surface area contributed by atoms with Gasteiger partial charge in [-0.25, -0.2) is 0 Å². The molecular weight excluding hydrogens is 395 g/mol. The van der Waals surface area contributed by atoms with Crippen LogP contribution in [0.25, 0.3) is 21.9 Å². The van der Waals surface area contributed by atoms with Crippen LogP contribution in [-0.4, -0.2) is 57.7 Å². The van der Waals surface area contributed by atoms with Crippen molar-refractivity contribution < 1.29 is 33.1 Å². The Kier molecular flexibility index (Phi) is 13.0. The summed E-state index contributed by atoms with van der Waals surface area (Å²) in [6.07, 6.45) is 7.42. The first-order valence-corrected chi connectivity index (χ1v) is 11.6. The summed E-state index contributed by atoms with van der Waals surface area (Å²) in [6.45, 7) is 9.86. The molecule has 3 aliphatic heterocycles. The summed E-state index contributed by atoms with van der Waals surface area (Å²) in [5, 5.41) is 4.59. The Labute approximate surface area is 205 Å². The monoisotopic (exact) mass is 432 g/mol. The summed E-state index contributed by atoms with van der Waals surface area (Å²) in [5.41, 5.74) is 6.62. The fourth-order valence-electron chi connectivity index (χ4n) is 3.92. The van der Waals surface area contributed by atoms with Crippen LogP contribution in [0.3, 0.4) is 0 Å². The molecule has 0 saturated carbocycles. The smallest absolute Gasteiger partial charge is 0.620 e. The van der Waals surface area contributed by atoms with Crippen molar-refractivity contribution >= 4 is 16.5 Å². The van der Waals surface area contributed by atoms with E-state index in [1.165, 1.54) is 42.9 Å². The quantitative estimate of drug-likeness (QED) is 0.682. The van der Waals surface area contributed by atoms with Gasteiger partial charge in [0.15, 0.2) is 0 Å². The summed E-state index contributed by atoms with van der Waals surface area (Å²) in [6, 6.07) is 15.1. The first kappa shape index (κ1) is 26.9. The van der Waals surface area contributed by atoms with E-state index in [9.17, 15) is 0 Å². The number of methoxy groups -OCH3 is 1. The average molecular weight is 433 g/mol. The van der Waals surface area contributed by atoms with Gasteiger partial charge in [-0.15, -0.1) is 12.3 Å². The van der Waals surface area contributed by atoms with Crippen molar-refractivity contribution in [1.29, 1.82) is 0 Å². The minimum absolute atomic E-state index is 0. The molecule has 0 N–H and O–H groups in total. The molecule has 3 fully saturated rings. The van der Waals surface area contributed by atoms with Crippen LogP contribution in [0.5, 0.6) is 0 Å². The van der Waals surface area contributed by atoms with E-state index in [2.05, 4.69) is 54.1 Å². The van der Waals surface area contributed by atoms with Crippen molar-refractivity contribution in [2.24, 2.45) is 0 Å². The molecule has 5 nitrogen and oxygen atoms in total. The molecule has 6 heteroatoms. The van der Waals surface area contributed by atoms with Gasteiger partial charge < -0.3 is 24.6 Å². The third-order valence-corrected chi connectivity index (χ3v) is 5.69. The molecule has 3 heterocycles. The van der Waals surface area contributed by atoms with Gasteiger partial charge in [-0.2, -0.15) is 0 Å². The number of benzene rings is 2. The zero-order valence-corrected chi connectivity index (χ0v) is 19.9. The third kappa shape index (κ3) is 8.90. The maximum absolute atomic E-state index is 5.27. The zero-order valence-electron chi connectivity index (χ0n) is 19.9. The van der Waals surface area contributed by atoms with Crippen LogP contribution in [0, 0.1) is 0 Å². The van der Waals surface area contributed by atoms with Crippen molar-refractivity contribution in [2.75, 3.05) is 46.7 Å². The summed E-state index contributed by atoms with van der Waals surface area (Å²) in [5.74, 6) is 0. The summed E-state index contributed by atoms with van der Waals surface area (Å²) >= 11 is 0. The molecule has 5 rings (SSSR count). The Morgan fingerprint density at radius 3 is 2.16 bits per heavy atom. The Morgan fingerprint density at radius 2 is 1.59 bits per heavy atom. The minimum atomic E-state index is 0. The maximum atomic E-state index is 5.27. The van der Waals surface area contributed by atoms with Gasteiger partial charge in [0.05, 0.1) is 6.61 Å². The van der Waals surface area contributed by atoms with Crippen molar-refractivity contribution in [3.63, 3.8) is 0 Å². The molecule has 1 atom stereocenters. The van der Waals surface area contributed by atoms with Crippen LogP contribution >= 0.6 is 0 Å². The molecule has 3 aliphatic rings. The van der Waals surface area contributed by atoms with Gasteiger partial charge in [-0.3, -0.25) is 0 Å².